The molecule has 0 atom stereocenters. The van der Waals surface area contributed by atoms with Crippen molar-refractivity contribution in [3.8, 4) is 0 Å². The van der Waals surface area contributed by atoms with Crippen LogP contribution in [0.25, 0.3) is 0 Å². The fourth-order valence-corrected chi connectivity index (χ4v) is 5.49. The second-order valence-electron chi connectivity index (χ2n) is 8.50. The van der Waals surface area contributed by atoms with Crippen molar-refractivity contribution in [2.75, 3.05) is 48.7 Å². The molecule has 0 spiro atoms. The number of rotatable bonds is 7. The van der Waals surface area contributed by atoms with Gasteiger partial charge in [0, 0.05) is 57.8 Å². The number of aromatic nitrogens is 3. The van der Waals surface area contributed by atoms with E-state index in [1.54, 1.807) is 6.20 Å². The number of pyridine rings is 1. The van der Waals surface area contributed by atoms with Gasteiger partial charge in [0.05, 0.1) is 5.75 Å². The molecule has 0 bridgehead atoms. The van der Waals surface area contributed by atoms with E-state index in [9.17, 15) is 18.0 Å². The van der Waals surface area contributed by atoms with Crippen molar-refractivity contribution in [2.45, 2.75) is 33.1 Å². The lowest BCUT2D eigenvalue weighted by molar-refractivity contribution is -0.147. The van der Waals surface area contributed by atoms with E-state index in [-0.39, 0.29) is 24.1 Å². The highest BCUT2D eigenvalue weighted by Crippen LogP contribution is 2.21. The van der Waals surface area contributed by atoms with Crippen LogP contribution in [0.15, 0.2) is 24.4 Å². The highest BCUT2D eigenvalue weighted by molar-refractivity contribution is 7.89. The van der Waals surface area contributed by atoms with E-state index < -0.39 is 10.0 Å². The van der Waals surface area contributed by atoms with Crippen LogP contribution < -0.4 is 10.2 Å². The van der Waals surface area contributed by atoms with E-state index in [1.165, 1.54) is 4.31 Å². The van der Waals surface area contributed by atoms with Crippen LogP contribution in [0.4, 0.5) is 17.5 Å². The summed E-state index contributed by atoms with van der Waals surface area (Å²) in [4.78, 5) is 40.3. The fraction of sp³-hybridized carbons (Fsp3) is 0.500. The van der Waals surface area contributed by atoms with Crippen LogP contribution in [-0.4, -0.2) is 82.9 Å². The maximum absolute atomic E-state index is 12.8. The molecule has 34 heavy (non-hydrogen) atoms. The molecule has 0 unspecified atom stereocenters. The third-order valence-electron chi connectivity index (χ3n) is 5.91. The maximum atomic E-state index is 12.8. The summed E-state index contributed by atoms with van der Waals surface area (Å²) < 4.78 is 27.1. The van der Waals surface area contributed by atoms with E-state index in [1.807, 2.05) is 36.9 Å². The monoisotopic (exact) mass is 487 g/mol. The zero-order chi connectivity index (χ0) is 24.3. The van der Waals surface area contributed by atoms with Gasteiger partial charge in [-0.2, -0.15) is 4.31 Å². The molecule has 0 aromatic carbocycles. The van der Waals surface area contributed by atoms with Crippen molar-refractivity contribution in [1.29, 1.82) is 0 Å². The molecular weight excluding hydrogens is 458 g/mol. The zero-order valence-electron chi connectivity index (χ0n) is 19.4. The molecule has 2 saturated heterocycles. The van der Waals surface area contributed by atoms with Gasteiger partial charge in [0.25, 0.3) is 0 Å². The number of hydrogen-bond donors (Lipinski definition) is 1. The molecule has 2 amide bonds. The number of aryl methyl sites for hydroxylation is 2. The Labute approximate surface area is 199 Å². The molecule has 4 heterocycles. The SMILES string of the molecule is Cc1ccnc(Nc2cc(N3CCN(S(=O)(=O)CCN4C(=O)CCCC4=O)CC3)nc(C)n2)c1. The van der Waals surface area contributed by atoms with Crippen molar-refractivity contribution in [3.63, 3.8) is 0 Å². The smallest absolute Gasteiger partial charge is 0.229 e. The van der Waals surface area contributed by atoms with Crippen LogP contribution >= 0.6 is 0 Å². The number of nitrogens with one attached hydrogen (secondary N) is 1. The molecule has 2 fully saturated rings. The van der Waals surface area contributed by atoms with E-state index in [0.29, 0.717) is 68.7 Å². The van der Waals surface area contributed by atoms with Crippen LogP contribution in [0.2, 0.25) is 0 Å². The molecule has 2 aliphatic heterocycles. The Hall–Kier alpha value is -3.12. The quantitative estimate of drug-likeness (QED) is 0.573. The summed E-state index contributed by atoms with van der Waals surface area (Å²) in [6.07, 6.45) is 2.84. The maximum Gasteiger partial charge on any atom is 0.229 e. The summed E-state index contributed by atoms with van der Waals surface area (Å²) in [5.41, 5.74) is 1.08. The van der Waals surface area contributed by atoms with Crippen LogP contribution in [0.1, 0.15) is 30.7 Å². The summed E-state index contributed by atoms with van der Waals surface area (Å²) in [6.45, 7) is 5.25. The van der Waals surface area contributed by atoms with Gasteiger partial charge in [0.1, 0.15) is 23.3 Å². The Bertz CT molecular complexity index is 1160. The molecule has 2 aromatic rings. The standard InChI is InChI=1S/C22H29N7O4S/c1-16-6-7-23-18(14-16)26-19-15-20(25-17(2)24-19)27-8-10-28(11-9-27)34(32,33)13-12-29-21(30)4-3-5-22(29)31/h6-7,14-15H,3-5,8-13H2,1-2H3,(H,23,24,25,26). The Morgan fingerprint density at radius 3 is 2.35 bits per heavy atom. The van der Waals surface area contributed by atoms with Gasteiger partial charge < -0.3 is 10.2 Å². The highest BCUT2D eigenvalue weighted by Gasteiger charge is 2.31. The number of imide groups is 1. The molecule has 182 valence electrons. The fourth-order valence-electron chi connectivity index (χ4n) is 4.09. The van der Waals surface area contributed by atoms with Gasteiger partial charge in [-0.1, -0.05) is 0 Å². The predicted octanol–water partition coefficient (Wildman–Crippen LogP) is 1.22. The molecule has 2 aliphatic rings. The molecule has 12 heteroatoms. The molecule has 0 aliphatic carbocycles. The number of piperazine rings is 1. The molecule has 1 N–H and O–H groups in total. The van der Waals surface area contributed by atoms with E-state index in [0.717, 1.165) is 10.5 Å². The number of carbonyl (C=O) groups is 2. The molecule has 2 aromatic heterocycles. The average molecular weight is 488 g/mol. The molecule has 4 rings (SSSR count). The van der Waals surface area contributed by atoms with Crippen molar-refractivity contribution in [3.05, 3.63) is 35.8 Å². The number of piperidine rings is 1. The van der Waals surface area contributed by atoms with Crippen molar-refractivity contribution in [1.82, 2.24) is 24.2 Å². The molecule has 0 saturated carbocycles. The van der Waals surface area contributed by atoms with E-state index in [2.05, 4.69) is 20.3 Å². The van der Waals surface area contributed by atoms with Gasteiger partial charge in [-0.05, 0) is 38.0 Å². The first-order chi connectivity index (χ1) is 16.2. The van der Waals surface area contributed by atoms with Gasteiger partial charge in [0.2, 0.25) is 21.8 Å². The third kappa shape index (κ3) is 5.68. The van der Waals surface area contributed by atoms with Gasteiger partial charge in [0.15, 0.2) is 0 Å². The average Bonchev–Trinajstić information content (AvgIpc) is 2.78. The number of anilines is 3. The number of hydrogen-bond acceptors (Lipinski definition) is 9. The normalized spacial score (nSPS) is 17.8. The second-order valence-corrected chi connectivity index (χ2v) is 10.6. The topological polar surface area (TPSA) is 129 Å². The Morgan fingerprint density at radius 1 is 0.971 bits per heavy atom. The minimum Gasteiger partial charge on any atom is -0.354 e. The van der Waals surface area contributed by atoms with Crippen LogP contribution in [0.3, 0.4) is 0 Å². The minimum atomic E-state index is -3.59. The van der Waals surface area contributed by atoms with Gasteiger partial charge >= 0.3 is 0 Å². The summed E-state index contributed by atoms with van der Waals surface area (Å²) >= 11 is 0. The van der Waals surface area contributed by atoms with Gasteiger partial charge in [-0.25, -0.2) is 23.4 Å². The van der Waals surface area contributed by atoms with E-state index >= 15 is 0 Å². The van der Waals surface area contributed by atoms with Crippen molar-refractivity contribution < 1.29 is 18.0 Å². The summed E-state index contributed by atoms with van der Waals surface area (Å²) in [5.74, 6) is 1.77. The summed E-state index contributed by atoms with van der Waals surface area (Å²) in [5, 5.41) is 3.20. The van der Waals surface area contributed by atoms with Crippen molar-refractivity contribution >= 4 is 39.3 Å². The van der Waals surface area contributed by atoms with Crippen LogP contribution in [0, 0.1) is 13.8 Å². The van der Waals surface area contributed by atoms with Crippen LogP contribution in [0.5, 0.6) is 0 Å². The Balaban J connectivity index is 1.37. The number of carbonyl (C=O) groups excluding carboxylic acids is 2. The first kappa shape index (κ1) is 24.0. The first-order valence-corrected chi connectivity index (χ1v) is 12.9. The van der Waals surface area contributed by atoms with Crippen molar-refractivity contribution in [2.24, 2.45) is 0 Å². The summed E-state index contributed by atoms with van der Waals surface area (Å²) in [7, 11) is -3.59. The minimum absolute atomic E-state index is 0.0899. The lowest BCUT2D eigenvalue weighted by Crippen LogP contribution is -2.51. The first-order valence-electron chi connectivity index (χ1n) is 11.3. The lowest BCUT2D eigenvalue weighted by Gasteiger charge is -2.35. The Kier molecular flexibility index (Phi) is 7.08. The zero-order valence-corrected chi connectivity index (χ0v) is 20.2. The highest BCUT2D eigenvalue weighted by atomic mass is 32.2. The van der Waals surface area contributed by atoms with E-state index in [4.69, 9.17) is 0 Å². The number of nitrogens with zero attached hydrogens (tertiary/aromatic N) is 6. The number of sulfonamides is 1. The van der Waals surface area contributed by atoms with Gasteiger partial charge in [-0.15, -0.1) is 0 Å². The molecule has 11 nitrogen and oxygen atoms in total. The largest absolute Gasteiger partial charge is 0.354 e. The number of likely N-dealkylation sites (tertiary alicyclic amines) is 1. The Morgan fingerprint density at radius 2 is 1.68 bits per heavy atom. The molecular formula is C22H29N7O4S. The predicted molar refractivity (Wildman–Crippen MR) is 127 cm³/mol. The van der Waals surface area contributed by atoms with Gasteiger partial charge in [-0.3, -0.25) is 14.5 Å². The third-order valence-corrected chi connectivity index (χ3v) is 7.76. The van der Waals surface area contributed by atoms with Crippen LogP contribution in [-0.2, 0) is 19.6 Å². The number of amides is 2. The molecule has 0 radical (unpaired) electrons. The second kappa shape index (κ2) is 10.0. The lowest BCUT2D eigenvalue weighted by atomic mass is 10.1. The summed E-state index contributed by atoms with van der Waals surface area (Å²) in [6, 6.07) is 5.66.